The smallest absolute Gasteiger partial charge is 0.232 e. The van der Waals surface area contributed by atoms with E-state index in [1.165, 1.54) is 6.92 Å². The van der Waals surface area contributed by atoms with Crippen molar-refractivity contribution in [3.05, 3.63) is 53.7 Å². The molecule has 3 aromatic rings. The minimum atomic E-state index is -3.75. The number of halogens is 2. The van der Waals surface area contributed by atoms with Crippen molar-refractivity contribution >= 4 is 38.2 Å². The summed E-state index contributed by atoms with van der Waals surface area (Å²) in [5, 5.41) is 7.46. The van der Waals surface area contributed by atoms with Gasteiger partial charge in [-0.05, 0) is 60.5 Å². The van der Waals surface area contributed by atoms with Gasteiger partial charge in [0, 0.05) is 31.1 Å². The van der Waals surface area contributed by atoms with Crippen molar-refractivity contribution in [1.82, 2.24) is 10.3 Å². The van der Waals surface area contributed by atoms with E-state index in [1.54, 1.807) is 19.2 Å². The second-order valence-corrected chi connectivity index (χ2v) is 10.3. The maximum Gasteiger partial charge on any atom is 0.232 e. The molecular formula is C25H30F2N4O3S. The summed E-state index contributed by atoms with van der Waals surface area (Å²) in [7, 11) is -3.75. The number of benzene rings is 2. The zero-order valence-corrected chi connectivity index (χ0v) is 21.0. The Balaban J connectivity index is 2.00. The van der Waals surface area contributed by atoms with Crippen LogP contribution in [0.15, 0.2) is 36.5 Å². The summed E-state index contributed by atoms with van der Waals surface area (Å²) in [4.78, 5) is 15.6. The molecule has 0 bridgehead atoms. The van der Waals surface area contributed by atoms with Gasteiger partial charge in [0.05, 0.1) is 17.0 Å². The summed E-state index contributed by atoms with van der Waals surface area (Å²) in [5.41, 5.74) is 0.468. The summed E-state index contributed by atoms with van der Waals surface area (Å²) < 4.78 is 56.8. The Morgan fingerprint density at radius 1 is 1.11 bits per heavy atom. The number of aryl methyl sites for hydroxylation is 1. The lowest BCUT2D eigenvalue weighted by Crippen LogP contribution is -2.35. The van der Waals surface area contributed by atoms with E-state index in [4.69, 9.17) is 0 Å². The van der Waals surface area contributed by atoms with Gasteiger partial charge in [-0.2, -0.15) is 0 Å². The van der Waals surface area contributed by atoms with Crippen molar-refractivity contribution in [1.29, 1.82) is 0 Å². The van der Waals surface area contributed by atoms with Crippen LogP contribution in [0.25, 0.3) is 21.9 Å². The predicted octanol–water partition coefficient (Wildman–Crippen LogP) is 4.83. The Labute approximate surface area is 204 Å². The topological polar surface area (TPSA) is 100 Å². The molecule has 35 heavy (non-hydrogen) atoms. The summed E-state index contributed by atoms with van der Waals surface area (Å²) in [6.45, 7) is 7.39. The van der Waals surface area contributed by atoms with Crippen LogP contribution in [0.2, 0.25) is 0 Å². The van der Waals surface area contributed by atoms with Crippen LogP contribution in [-0.2, 0) is 21.2 Å². The molecule has 0 aliphatic carbocycles. The maximum atomic E-state index is 15.4. The third kappa shape index (κ3) is 6.45. The van der Waals surface area contributed by atoms with E-state index in [0.29, 0.717) is 41.7 Å². The standard InChI is InChI=1S/C25H30F2N4O3S/c1-5-9-35(33,34)31-22-8-7-21(26)24(25(22)27)20-11-19-14-29-23(12-18(19)10-17(20)6-2)28-13-15(3)30-16(4)32/h7-8,10-12,14-15,31H,5-6,9,13H2,1-4H3,(H,28,29)(H,30,32)/t15-/m0/s1. The first kappa shape index (κ1) is 26.3. The molecule has 1 amide bonds. The fourth-order valence-electron chi connectivity index (χ4n) is 3.88. The molecule has 0 saturated heterocycles. The van der Waals surface area contributed by atoms with Gasteiger partial charge in [0.25, 0.3) is 0 Å². The van der Waals surface area contributed by atoms with Gasteiger partial charge in [-0.1, -0.05) is 19.9 Å². The fraction of sp³-hybridized carbons (Fsp3) is 0.360. The van der Waals surface area contributed by atoms with Crippen LogP contribution in [0, 0.1) is 11.6 Å². The van der Waals surface area contributed by atoms with Gasteiger partial charge in [0.1, 0.15) is 11.6 Å². The fourth-order valence-corrected chi connectivity index (χ4v) is 5.02. The molecule has 188 valence electrons. The van der Waals surface area contributed by atoms with E-state index in [2.05, 4.69) is 20.3 Å². The van der Waals surface area contributed by atoms with Crippen molar-refractivity contribution in [3.8, 4) is 11.1 Å². The number of carbonyl (C=O) groups is 1. The van der Waals surface area contributed by atoms with Gasteiger partial charge < -0.3 is 10.6 Å². The van der Waals surface area contributed by atoms with E-state index in [9.17, 15) is 17.6 Å². The minimum absolute atomic E-state index is 0.0912. The molecule has 3 rings (SSSR count). The van der Waals surface area contributed by atoms with Crippen LogP contribution in [0.4, 0.5) is 20.3 Å². The highest BCUT2D eigenvalue weighted by molar-refractivity contribution is 7.92. The Kier molecular flexibility index (Phi) is 8.26. The predicted molar refractivity (Wildman–Crippen MR) is 136 cm³/mol. The zero-order chi connectivity index (χ0) is 25.8. The second-order valence-electron chi connectivity index (χ2n) is 8.47. The molecule has 2 aromatic carbocycles. The number of fused-ring (bicyclic) bond motifs is 1. The zero-order valence-electron chi connectivity index (χ0n) is 20.2. The van der Waals surface area contributed by atoms with Crippen molar-refractivity contribution in [3.63, 3.8) is 0 Å². The number of aromatic nitrogens is 1. The van der Waals surface area contributed by atoms with Gasteiger partial charge in [-0.15, -0.1) is 0 Å². The van der Waals surface area contributed by atoms with Crippen molar-refractivity contribution in [2.45, 2.75) is 46.6 Å². The molecule has 0 saturated carbocycles. The van der Waals surface area contributed by atoms with Crippen molar-refractivity contribution in [2.24, 2.45) is 0 Å². The van der Waals surface area contributed by atoms with Gasteiger partial charge in [-0.25, -0.2) is 22.2 Å². The third-order valence-electron chi connectivity index (χ3n) is 5.46. The molecule has 10 heteroatoms. The molecule has 0 aliphatic heterocycles. The Bertz CT molecular complexity index is 1350. The Morgan fingerprint density at radius 2 is 1.86 bits per heavy atom. The quantitative estimate of drug-likeness (QED) is 0.367. The van der Waals surface area contributed by atoms with Gasteiger partial charge in [0.15, 0.2) is 5.82 Å². The number of amides is 1. The molecule has 0 fully saturated rings. The van der Waals surface area contributed by atoms with E-state index >= 15 is 4.39 Å². The lowest BCUT2D eigenvalue weighted by molar-refractivity contribution is -0.119. The first-order valence-corrected chi connectivity index (χ1v) is 13.1. The second kappa shape index (κ2) is 11.0. The third-order valence-corrected chi connectivity index (χ3v) is 6.94. The molecule has 7 nitrogen and oxygen atoms in total. The minimum Gasteiger partial charge on any atom is -0.368 e. The molecule has 1 atom stereocenters. The molecule has 0 aliphatic rings. The van der Waals surface area contributed by atoms with E-state index < -0.39 is 21.7 Å². The van der Waals surface area contributed by atoms with Crippen molar-refractivity contribution < 1.29 is 22.0 Å². The van der Waals surface area contributed by atoms with E-state index in [1.807, 2.05) is 26.0 Å². The molecule has 0 spiro atoms. The van der Waals surface area contributed by atoms with Crippen molar-refractivity contribution in [2.75, 3.05) is 22.3 Å². The summed E-state index contributed by atoms with van der Waals surface area (Å²) in [6.07, 6.45) is 2.47. The largest absolute Gasteiger partial charge is 0.368 e. The highest BCUT2D eigenvalue weighted by Gasteiger charge is 2.21. The Hall–Kier alpha value is -3.27. The van der Waals surface area contributed by atoms with E-state index in [0.717, 1.165) is 17.5 Å². The molecule has 3 N–H and O–H groups in total. The van der Waals surface area contributed by atoms with Crippen LogP contribution < -0.4 is 15.4 Å². The van der Waals surface area contributed by atoms with Crippen LogP contribution in [0.1, 0.15) is 39.7 Å². The lowest BCUT2D eigenvalue weighted by atomic mass is 9.93. The number of anilines is 2. The average Bonchev–Trinajstić information content (AvgIpc) is 2.78. The maximum absolute atomic E-state index is 15.4. The Morgan fingerprint density at radius 3 is 2.51 bits per heavy atom. The summed E-state index contributed by atoms with van der Waals surface area (Å²) >= 11 is 0. The molecule has 1 aromatic heterocycles. The molecule has 0 unspecified atom stereocenters. The molecule has 0 radical (unpaired) electrons. The molecule has 1 heterocycles. The average molecular weight is 505 g/mol. The summed E-state index contributed by atoms with van der Waals surface area (Å²) in [6, 6.07) is 7.41. The number of sulfonamides is 1. The highest BCUT2D eigenvalue weighted by Crippen LogP contribution is 2.36. The number of hydrogen-bond donors (Lipinski definition) is 3. The van der Waals surface area contributed by atoms with E-state index in [-0.39, 0.29) is 29.0 Å². The summed E-state index contributed by atoms with van der Waals surface area (Å²) in [5.74, 6) is -1.42. The number of nitrogens with one attached hydrogen (secondary N) is 3. The van der Waals surface area contributed by atoms with Gasteiger partial charge >= 0.3 is 0 Å². The number of hydrogen-bond acceptors (Lipinski definition) is 5. The van der Waals surface area contributed by atoms with Gasteiger partial charge in [-0.3, -0.25) is 9.52 Å². The highest BCUT2D eigenvalue weighted by atomic mass is 32.2. The van der Waals surface area contributed by atoms with Crippen LogP contribution in [0.5, 0.6) is 0 Å². The first-order chi connectivity index (χ1) is 16.5. The van der Waals surface area contributed by atoms with Crippen LogP contribution in [-0.4, -0.2) is 37.6 Å². The number of carbonyl (C=O) groups excluding carboxylic acids is 1. The van der Waals surface area contributed by atoms with Gasteiger partial charge in [0.2, 0.25) is 15.9 Å². The monoisotopic (exact) mass is 504 g/mol. The number of nitrogens with zero attached hydrogens (tertiary/aromatic N) is 1. The number of rotatable bonds is 10. The number of pyridine rings is 1. The molecular weight excluding hydrogens is 474 g/mol. The van der Waals surface area contributed by atoms with Crippen LogP contribution in [0.3, 0.4) is 0 Å². The normalized spacial score (nSPS) is 12.4. The first-order valence-electron chi connectivity index (χ1n) is 11.5. The SMILES string of the molecule is CCCS(=O)(=O)Nc1ccc(F)c(-c2cc3cnc(NC[C@H](C)NC(C)=O)cc3cc2CC)c1F. The van der Waals surface area contributed by atoms with Crippen LogP contribution >= 0.6 is 0 Å². The lowest BCUT2D eigenvalue weighted by Gasteiger charge is -2.16.